The van der Waals surface area contributed by atoms with Gasteiger partial charge in [-0.2, -0.15) is 12.6 Å². The van der Waals surface area contributed by atoms with Gasteiger partial charge in [-0.1, -0.05) is 55.3 Å². The summed E-state index contributed by atoms with van der Waals surface area (Å²) < 4.78 is 0. The second-order valence-electron chi connectivity index (χ2n) is 6.91. The van der Waals surface area contributed by atoms with Gasteiger partial charge in [-0.05, 0) is 31.2 Å². The molecule has 0 unspecified atom stereocenters. The van der Waals surface area contributed by atoms with Crippen molar-refractivity contribution >= 4 is 36.0 Å². The number of benzene rings is 1. The van der Waals surface area contributed by atoms with Gasteiger partial charge in [0.2, 0.25) is 5.91 Å². The lowest BCUT2D eigenvalue weighted by atomic mass is 10.1. The van der Waals surface area contributed by atoms with Crippen molar-refractivity contribution < 1.29 is 9.59 Å². The van der Waals surface area contributed by atoms with E-state index >= 15 is 0 Å². The highest BCUT2D eigenvalue weighted by Gasteiger charge is 2.16. The minimum Gasteiger partial charge on any atom is -0.355 e. The Kier molecular flexibility index (Phi) is 10.1. The first kappa shape index (κ1) is 23.3. The molecule has 0 aliphatic heterocycles. The van der Waals surface area contributed by atoms with Crippen LogP contribution in [0.5, 0.6) is 0 Å². The first-order valence-corrected chi connectivity index (χ1v) is 10.9. The summed E-state index contributed by atoms with van der Waals surface area (Å²) in [5.41, 5.74) is 1.32. The molecule has 2 rings (SSSR count). The Balaban J connectivity index is 1.61. The summed E-state index contributed by atoms with van der Waals surface area (Å²) in [5.74, 6) is 0.377. The van der Waals surface area contributed by atoms with E-state index in [2.05, 4.69) is 40.2 Å². The summed E-state index contributed by atoms with van der Waals surface area (Å²) >= 11 is 10.5. The summed E-state index contributed by atoms with van der Waals surface area (Å²) in [7, 11) is 0. The average Bonchev–Trinajstić information content (AvgIpc) is 3.10. The molecule has 0 saturated heterocycles. The lowest BCUT2D eigenvalue weighted by molar-refractivity contribution is -0.120. The summed E-state index contributed by atoms with van der Waals surface area (Å²) in [6.45, 7) is 3.14. The molecule has 2 amide bonds. The van der Waals surface area contributed by atoms with Crippen LogP contribution in [0.2, 0.25) is 5.15 Å². The van der Waals surface area contributed by atoms with E-state index in [1.165, 1.54) is 0 Å². The lowest BCUT2D eigenvalue weighted by Gasteiger charge is -2.11. The maximum absolute atomic E-state index is 12.2. The Bertz CT molecular complexity index is 782. The number of rotatable bonds is 12. The van der Waals surface area contributed by atoms with E-state index in [1.807, 2.05) is 30.3 Å². The third-order valence-corrected chi connectivity index (χ3v) is 5.14. The predicted octanol–water partition coefficient (Wildman–Crippen LogP) is 3.57. The SMILES string of the molecule is CCCCc1nc(C(=O)NCCCCNC(=O)[C@@H](S)Cc2ccccc2)c(Cl)[nH]1. The number of unbranched alkanes of at least 4 members (excludes halogenated alkanes) is 2. The van der Waals surface area contributed by atoms with Crippen LogP contribution >= 0.6 is 24.2 Å². The average molecular weight is 437 g/mol. The second-order valence-corrected chi connectivity index (χ2v) is 7.91. The first-order valence-electron chi connectivity index (χ1n) is 10.0. The Morgan fingerprint density at radius 3 is 2.52 bits per heavy atom. The van der Waals surface area contributed by atoms with Gasteiger partial charge >= 0.3 is 0 Å². The number of amides is 2. The van der Waals surface area contributed by atoms with Crippen LogP contribution in [0, 0.1) is 0 Å². The molecular weight excluding hydrogens is 408 g/mol. The van der Waals surface area contributed by atoms with E-state index in [4.69, 9.17) is 11.6 Å². The van der Waals surface area contributed by atoms with Crippen molar-refractivity contribution in [2.75, 3.05) is 13.1 Å². The molecule has 6 nitrogen and oxygen atoms in total. The number of aromatic amines is 1. The number of H-pyrrole nitrogens is 1. The molecule has 0 aliphatic rings. The second kappa shape index (κ2) is 12.5. The largest absolute Gasteiger partial charge is 0.355 e. The molecule has 2 aromatic rings. The molecule has 1 heterocycles. The third-order valence-electron chi connectivity index (χ3n) is 4.45. The van der Waals surface area contributed by atoms with Crippen LogP contribution in [-0.2, 0) is 17.6 Å². The minimum atomic E-state index is -0.374. The van der Waals surface area contributed by atoms with E-state index < -0.39 is 0 Å². The molecule has 0 bridgehead atoms. The zero-order valence-corrected chi connectivity index (χ0v) is 18.4. The standard InChI is InChI=1S/C21H29ClN4O2S/c1-2-3-11-17-25-18(19(22)26-17)21(28)24-13-8-7-12-23-20(27)16(29)14-15-9-5-4-6-10-15/h4-6,9-10,16,29H,2-3,7-8,11-14H2,1H3,(H,23,27)(H,24,28)(H,25,26)/t16-/m0/s1. The van der Waals surface area contributed by atoms with Crippen molar-refractivity contribution in [2.24, 2.45) is 0 Å². The number of halogens is 1. The molecule has 1 aromatic heterocycles. The summed E-state index contributed by atoms with van der Waals surface area (Å²) in [6, 6.07) is 9.81. The Morgan fingerprint density at radius 1 is 1.14 bits per heavy atom. The molecule has 8 heteroatoms. The van der Waals surface area contributed by atoms with Crippen LogP contribution < -0.4 is 10.6 Å². The van der Waals surface area contributed by atoms with Gasteiger partial charge in [-0.3, -0.25) is 9.59 Å². The van der Waals surface area contributed by atoms with E-state index in [9.17, 15) is 9.59 Å². The zero-order chi connectivity index (χ0) is 21.1. The number of carbonyl (C=O) groups excluding carboxylic acids is 2. The molecule has 29 heavy (non-hydrogen) atoms. The predicted molar refractivity (Wildman–Crippen MR) is 120 cm³/mol. The van der Waals surface area contributed by atoms with Gasteiger partial charge in [0, 0.05) is 19.5 Å². The molecule has 3 N–H and O–H groups in total. The molecule has 0 radical (unpaired) electrons. The number of aromatic nitrogens is 2. The van der Waals surface area contributed by atoms with Gasteiger partial charge in [0.25, 0.3) is 5.91 Å². The van der Waals surface area contributed by atoms with Crippen LogP contribution in [0.25, 0.3) is 0 Å². The molecular formula is C21H29ClN4O2S. The van der Waals surface area contributed by atoms with Crippen LogP contribution in [0.15, 0.2) is 30.3 Å². The van der Waals surface area contributed by atoms with E-state index in [1.54, 1.807) is 0 Å². The Labute approximate surface area is 182 Å². The molecule has 158 valence electrons. The van der Waals surface area contributed by atoms with Crippen molar-refractivity contribution in [2.45, 2.75) is 50.7 Å². The van der Waals surface area contributed by atoms with E-state index in [0.29, 0.717) is 19.5 Å². The highest BCUT2D eigenvalue weighted by atomic mass is 35.5. The summed E-state index contributed by atoms with van der Waals surface area (Å²) in [6.07, 6.45) is 4.92. The number of hydrogen-bond acceptors (Lipinski definition) is 4. The van der Waals surface area contributed by atoms with Gasteiger partial charge in [0.05, 0.1) is 5.25 Å². The van der Waals surface area contributed by atoms with Crippen LogP contribution in [0.4, 0.5) is 0 Å². The van der Waals surface area contributed by atoms with E-state index in [0.717, 1.165) is 43.5 Å². The fraction of sp³-hybridized carbons (Fsp3) is 0.476. The fourth-order valence-electron chi connectivity index (χ4n) is 2.81. The third kappa shape index (κ3) is 8.11. The number of aryl methyl sites for hydroxylation is 1. The highest BCUT2D eigenvalue weighted by molar-refractivity contribution is 7.81. The van der Waals surface area contributed by atoms with Gasteiger partial charge in [0.15, 0.2) is 5.69 Å². The molecule has 0 fully saturated rings. The first-order chi connectivity index (χ1) is 14.0. The summed E-state index contributed by atoms with van der Waals surface area (Å²) in [4.78, 5) is 31.5. The monoisotopic (exact) mass is 436 g/mol. The van der Waals surface area contributed by atoms with Gasteiger partial charge in [-0.25, -0.2) is 4.98 Å². The molecule has 1 aromatic carbocycles. The Morgan fingerprint density at radius 2 is 1.83 bits per heavy atom. The maximum atomic E-state index is 12.2. The number of carbonyl (C=O) groups is 2. The lowest BCUT2D eigenvalue weighted by Crippen LogP contribution is -2.33. The summed E-state index contributed by atoms with van der Waals surface area (Å²) in [5, 5.41) is 5.61. The van der Waals surface area contributed by atoms with Crippen LogP contribution in [-0.4, -0.2) is 40.1 Å². The molecule has 0 aliphatic carbocycles. The zero-order valence-electron chi connectivity index (χ0n) is 16.7. The highest BCUT2D eigenvalue weighted by Crippen LogP contribution is 2.14. The van der Waals surface area contributed by atoms with Crippen LogP contribution in [0.3, 0.4) is 0 Å². The minimum absolute atomic E-state index is 0.0795. The quantitative estimate of drug-likeness (QED) is 0.303. The maximum Gasteiger partial charge on any atom is 0.273 e. The van der Waals surface area contributed by atoms with Crippen molar-refractivity contribution in [3.8, 4) is 0 Å². The van der Waals surface area contributed by atoms with Crippen molar-refractivity contribution in [1.29, 1.82) is 0 Å². The van der Waals surface area contributed by atoms with Gasteiger partial charge in [0.1, 0.15) is 11.0 Å². The number of thiol groups is 1. The van der Waals surface area contributed by atoms with Crippen LogP contribution in [0.1, 0.15) is 54.5 Å². The van der Waals surface area contributed by atoms with E-state index in [-0.39, 0.29) is 27.9 Å². The van der Waals surface area contributed by atoms with Crippen molar-refractivity contribution in [3.05, 3.63) is 52.6 Å². The fourth-order valence-corrected chi connectivity index (χ4v) is 3.35. The van der Waals surface area contributed by atoms with Gasteiger partial charge < -0.3 is 15.6 Å². The molecule has 1 atom stereocenters. The number of imidazole rings is 1. The number of nitrogens with one attached hydrogen (secondary N) is 3. The number of nitrogens with zero attached hydrogens (tertiary/aromatic N) is 1. The number of hydrogen-bond donors (Lipinski definition) is 4. The van der Waals surface area contributed by atoms with Gasteiger partial charge in [-0.15, -0.1) is 0 Å². The smallest absolute Gasteiger partial charge is 0.273 e. The Hall–Kier alpha value is -1.99. The van der Waals surface area contributed by atoms with Crippen molar-refractivity contribution in [3.63, 3.8) is 0 Å². The topological polar surface area (TPSA) is 86.9 Å². The van der Waals surface area contributed by atoms with Crippen molar-refractivity contribution in [1.82, 2.24) is 20.6 Å². The molecule has 0 saturated carbocycles. The molecule has 0 spiro atoms. The normalized spacial score (nSPS) is 11.8.